The van der Waals surface area contributed by atoms with Gasteiger partial charge in [-0.2, -0.15) is 5.10 Å². The first-order chi connectivity index (χ1) is 14.8. The summed E-state index contributed by atoms with van der Waals surface area (Å²) in [6.45, 7) is 1.73. The zero-order chi connectivity index (χ0) is 22.2. The molecule has 7 nitrogen and oxygen atoms in total. The van der Waals surface area contributed by atoms with Gasteiger partial charge in [-0.25, -0.2) is 13.1 Å². The highest BCUT2D eigenvalue weighted by molar-refractivity contribution is 7.92. The van der Waals surface area contributed by atoms with E-state index < -0.39 is 10.0 Å². The number of hydrogen-bond donors (Lipinski definition) is 1. The van der Waals surface area contributed by atoms with Gasteiger partial charge in [0.2, 0.25) is 0 Å². The van der Waals surface area contributed by atoms with E-state index in [1.165, 1.54) is 11.8 Å². The predicted octanol–water partition coefficient (Wildman–Crippen LogP) is 3.72. The van der Waals surface area contributed by atoms with Crippen molar-refractivity contribution in [3.8, 4) is 17.0 Å². The average molecular weight is 436 g/mol. The van der Waals surface area contributed by atoms with Crippen LogP contribution < -0.4 is 15.0 Å². The molecule has 0 atom stereocenters. The summed E-state index contributed by atoms with van der Waals surface area (Å²) in [4.78, 5) is 12.6. The molecule has 0 aliphatic carbocycles. The maximum Gasteiger partial charge on any atom is 0.274 e. The van der Waals surface area contributed by atoms with Gasteiger partial charge in [-0.1, -0.05) is 42.5 Å². The van der Waals surface area contributed by atoms with Crippen LogP contribution in [0.25, 0.3) is 22.0 Å². The summed E-state index contributed by atoms with van der Waals surface area (Å²) >= 11 is 0. The summed E-state index contributed by atoms with van der Waals surface area (Å²) in [6.07, 6.45) is 0. The summed E-state index contributed by atoms with van der Waals surface area (Å²) < 4.78 is 35.6. The minimum absolute atomic E-state index is 0.121. The Kier molecular flexibility index (Phi) is 5.24. The van der Waals surface area contributed by atoms with Crippen LogP contribution >= 0.6 is 0 Å². The first-order valence-electron chi connectivity index (χ1n) is 9.55. The lowest BCUT2D eigenvalue weighted by atomic mass is 10.0. The molecule has 8 heteroatoms. The first kappa shape index (κ1) is 20.6. The molecule has 0 radical (unpaired) electrons. The highest BCUT2D eigenvalue weighted by Gasteiger charge is 2.21. The van der Waals surface area contributed by atoms with Crippen LogP contribution in [0.5, 0.6) is 5.75 Å². The van der Waals surface area contributed by atoms with Gasteiger partial charge in [0.25, 0.3) is 15.6 Å². The van der Waals surface area contributed by atoms with Crippen molar-refractivity contribution in [1.29, 1.82) is 0 Å². The Hall–Kier alpha value is -3.65. The molecule has 31 heavy (non-hydrogen) atoms. The van der Waals surface area contributed by atoms with Crippen LogP contribution in [0.2, 0.25) is 0 Å². The molecule has 0 aliphatic rings. The Labute approximate surface area is 180 Å². The van der Waals surface area contributed by atoms with E-state index in [0.717, 1.165) is 0 Å². The van der Waals surface area contributed by atoms with E-state index in [4.69, 9.17) is 4.74 Å². The Morgan fingerprint density at radius 2 is 1.65 bits per heavy atom. The number of sulfonamides is 1. The predicted molar refractivity (Wildman–Crippen MR) is 121 cm³/mol. The highest BCUT2D eigenvalue weighted by Crippen LogP contribution is 2.31. The van der Waals surface area contributed by atoms with Crippen molar-refractivity contribution >= 4 is 26.5 Å². The molecule has 0 fully saturated rings. The minimum Gasteiger partial charge on any atom is -0.495 e. The van der Waals surface area contributed by atoms with Crippen molar-refractivity contribution in [3.63, 3.8) is 0 Å². The van der Waals surface area contributed by atoms with Crippen LogP contribution in [0.4, 0.5) is 5.69 Å². The molecule has 3 aromatic carbocycles. The van der Waals surface area contributed by atoms with Gasteiger partial charge < -0.3 is 4.74 Å². The molecule has 0 bridgehead atoms. The molecule has 4 aromatic rings. The van der Waals surface area contributed by atoms with Crippen molar-refractivity contribution in [2.75, 3.05) is 11.8 Å². The summed E-state index contributed by atoms with van der Waals surface area (Å²) in [5.41, 5.74) is 1.85. The second-order valence-electron chi connectivity index (χ2n) is 7.11. The number of benzene rings is 3. The smallest absolute Gasteiger partial charge is 0.274 e. The molecule has 0 spiro atoms. The SMILES string of the molecule is COc1ccccc1NS(=O)(=O)c1cc(-c2nn(C)c(=O)c3ccccc23)ccc1C. The van der Waals surface area contributed by atoms with E-state index in [2.05, 4.69) is 9.82 Å². The second kappa shape index (κ2) is 7.88. The van der Waals surface area contributed by atoms with Crippen molar-refractivity contribution in [2.45, 2.75) is 11.8 Å². The number of anilines is 1. The number of nitrogens with zero attached hydrogens (tertiary/aromatic N) is 2. The summed E-state index contributed by atoms with van der Waals surface area (Å²) in [6, 6.07) is 19.1. The molecule has 0 saturated carbocycles. The lowest BCUT2D eigenvalue weighted by molar-refractivity contribution is 0.417. The Morgan fingerprint density at radius 3 is 2.39 bits per heavy atom. The van der Waals surface area contributed by atoms with Crippen molar-refractivity contribution in [2.24, 2.45) is 7.05 Å². The third kappa shape index (κ3) is 3.77. The normalized spacial score (nSPS) is 11.5. The van der Waals surface area contributed by atoms with Crippen molar-refractivity contribution in [1.82, 2.24) is 9.78 Å². The number of nitrogens with one attached hydrogen (secondary N) is 1. The van der Waals surface area contributed by atoms with E-state index in [1.54, 1.807) is 74.6 Å². The fourth-order valence-corrected chi connectivity index (χ4v) is 4.82. The molecule has 1 heterocycles. The fourth-order valence-electron chi connectivity index (χ4n) is 3.48. The molecule has 0 saturated heterocycles. The summed E-state index contributed by atoms with van der Waals surface area (Å²) in [5, 5.41) is 5.59. The van der Waals surface area contributed by atoms with Crippen LogP contribution in [0.15, 0.2) is 76.4 Å². The molecule has 4 rings (SSSR count). The van der Waals surface area contributed by atoms with Crippen molar-refractivity contribution < 1.29 is 13.2 Å². The molecule has 1 aromatic heterocycles. The molecular weight excluding hydrogens is 414 g/mol. The lowest BCUT2D eigenvalue weighted by Crippen LogP contribution is -2.20. The van der Waals surface area contributed by atoms with E-state index >= 15 is 0 Å². The van der Waals surface area contributed by atoms with Gasteiger partial charge in [-0.05, 0) is 36.8 Å². The Balaban J connectivity index is 1.86. The number of hydrogen-bond acceptors (Lipinski definition) is 5. The van der Waals surface area contributed by atoms with Gasteiger partial charge in [0.15, 0.2) is 0 Å². The third-order valence-electron chi connectivity index (χ3n) is 5.06. The average Bonchev–Trinajstić information content (AvgIpc) is 2.77. The van der Waals surface area contributed by atoms with Gasteiger partial charge in [0, 0.05) is 18.0 Å². The summed E-state index contributed by atoms with van der Waals surface area (Å²) in [7, 11) is -0.847. The number of fused-ring (bicyclic) bond motifs is 1. The van der Waals surface area contributed by atoms with Crippen molar-refractivity contribution in [3.05, 3.63) is 82.6 Å². The van der Waals surface area contributed by atoms with Crippen LogP contribution in [0.3, 0.4) is 0 Å². The molecule has 0 amide bonds. The topological polar surface area (TPSA) is 90.3 Å². The Bertz CT molecular complexity index is 1460. The number of para-hydroxylation sites is 2. The zero-order valence-electron chi connectivity index (χ0n) is 17.3. The molecule has 158 valence electrons. The van der Waals surface area contributed by atoms with E-state index in [-0.39, 0.29) is 10.5 Å². The van der Waals surface area contributed by atoms with Gasteiger partial charge in [0.1, 0.15) is 5.75 Å². The van der Waals surface area contributed by atoms with E-state index in [1.807, 2.05) is 6.07 Å². The Morgan fingerprint density at radius 1 is 0.968 bits per heavy atom. The highest BCUT2D eigenvalue weighted by atomic mass is 32.2. The number of methoxy groups -OCH3 is 1. The second-order valence-corrected chi connectivity index (χ2v) is 8.76. The standard InChI is InChI=1S/C23H21N3O4S/c1-15-12-13-16(22-17-8-4-5-9-18(17)23(27)26(2)24-22)14-21(15)31(28,29)25-19-10-6-7-11-20(19)30-3/h4-14,25H,1-3H3. The first-order valence-corrected chi connectivity index (χ1v) is 11.0. The van der Waals surface area contributed by atoms with Gasteiger partial charge in [-0.15, -0.1) is 0 Å². The molecule has 1 N–H and O–H groups in total. The largest absolute Gasteiger partial charge is 0.495 e. The maximum atomic E-state index is 13.2. The molecule has 0 unspecified atom stereocenters. The molecular formula is C23H21N3O4S. The number of aromatic nitrogens is 2. The lowest BCUT2D eigenvalue weighted by Gasteiger charge is -2.15. The van der Waals surface area contributed by atoms with E-state index in [9.17, 15) is 13.2 Å². The maximum absolute atomic E-state index is 13.2. The number of rotatable bonds is 5. The van der Waals surface area contributed by atoms with Crippen LogP contribution in [0.1, 0.15) is 5.56 Å². The monoisotopic (exact) mass is 435 g/mol. The third-order valence-corrected chi connectivity index (χ3v) is 6.57. The number of ether oxygens (including phenoxy) is 1. The van der Waals surface area contributed by atoms with Gasteiger partial charge in [-0.3, -0.25) is 9.52 Å². The van der Waals surface area contributed by atoms with Gasteiger partial charge >= 0.3 is 0 Å². The fraction of sp³-hybridized carbons (Fsp3) is 0.130. The van der Waals surface area contributed by atoms with Crippen LogP contribution in [-0.4, -0.2) is 25.3 Å². The van der Waals surface area contributed by atoms with E-state index in [0.29, 0.717) is 39.0 Å². The van der Waals surface area contributed by atoms with Gasteiger partial charge in [0.05, 0.1) is 28.8 Å². The quantitative estimate of drug-likeness (QED) is 0.516. The van der Waals surface area contributed by atoms with Crippen LogP contribution in [-0.2, 0) is 17.1 Å². The molecule has 0 aliphatic heterocycles. The summed E-state index contributed by atoms with van der Waals surface area (Å²) in [5.74, 6) is 0.422. The zero-order valence-corrected chi connectivity index (χ0v) is 18.1. The van der Waals surface area contributed by atoms with Crippen LogP contribution in [0, 0.1) is 6.92 Å². The minimum atomic E-state index is -3.90. The number of aryl methyl sites for hydroxylation is 2.